The minimum atomic E-state index is 0.185. The molecule has 1 aromatic rings. The summed E-state index contributed by atoms with van der Waals surface area (Å²) in [5.74, 6) is 1.71. The van der Waals surface area contributed by atoms with E-state index in [1.54, 1.807) is 7.11 Å². The van der Waals surface area contributed by atoms with Crippen LogP contribution in [0.2, 0.25) is 0 Å². The molecule has 1 saturated carbocycles. The average Bonchev–Trinajstić information content (AvgIpc) is 2.64. The predicted molar refractivity (Wildman–Crippen MR) is 101 cm³/mol. The number of nitrogens with zero attached hydrogens (tertiary/aromatic N) is 2. The van der Waals surface area contributed by atoms with Crippen molar-refractivity contribution in [3.63, 3.8) is 0 Å². The third-order valence-electron chi connectivity index (χ3n) is 5.62. The highest BCUT2D eigenvalue weighted by Crippen LogP contribution is 2.28. The molecule has 1 aromatic carbocycles. The maximum Gasteiger partial charge on any atom is 0.234 e. The van der Waals surface area contributed by atoms with E-state index in [0.717, 1.165) is 44.0 Å². The molecule has 1 amide bonds. The molecule has 1 aliphatic carbocycles. The third kappa shape index (κ3) is 4.66. The Morgan fingerprint density at radius 3 is 2.60 bits per heavy atom. The number of piperazine rings is 1. The summed E-state index contributed by atoms with van der Waals surface area (Å²) in [5.41, 5.74) is 1.14. The number of hydrogen-bond acceptors (Lipinski definition) is 4. The Morgan fingerprint density at radius 1 is 1.16 bits per heavy atom. The van der Waals surface area contributed by atoms with Crippen molar-refractivity contribution in [3.8, 4) is 5.75 Å². The first-order valence-corrected chi connectivity index (χ1v) is 9.57. The van der Waals surface area contributed by atoms with Crippen molar-refractivity contribution >= 4 is 11.6 Å². The van der Waals surface area contributed by atoms with Gasteiger partial charge >= 0.3 is 0 Å². The average molecular weight is 345 g/mol. The van der Waals surface area contributed by atoms with E-state index in [9.17, 15) is 4.79 Å². The topological polar surface area (TPSA) is 44.8 Å². The number of rotatable bonds is 5. The molecule has 0 unspecified atom stereocenters. The summed E-state index contributed by atoms with van der Waals surface area (Å²) in [5, 5.41) is 3.26. The van der Waals surface area contributed by atoms with Gasteiger partial charge in [-0.25, -0.2) is 0 Å². The van der Waals surface area contributed by atoms with Crippen LogP contribution in [-0.2, 0) is 4.79 Å². The number of amides is 1. The van der Waals surface area contributed by atoms with E-state index in [-0.39, 0.29) is 5.91 Å². The minimum Gasteiger partial charge on any atom is -0.495 e. The van der Waals surface area contributed by atoms with Crippen LogP contribution in [0.3, 0.4) is 0 Å². The summed E-state index contributed by atoms with van der Waals surface area (Å²) in [6.07, 6.45) is 4.92. The lowest BCUT2D eigenvalue weighted by Crippen LogP contribution is -2.51. The molecule has 1 heterocycles. The van der Waals surface area contributed by atoms with E-state index in [2.05, 4.69) is 28.1 Å². The summed E-state index contributed by atoms with van der Waals surface area (Å²) in [6.45, 7) is 6.44. The molecule has 5 nitrogen and oxygen atoms in total. The van der Waals surface area contributed by atoms with Crippen molar-refractivity contribution < 1.29 is 9.53 Å². The molecule has 0 aromatic heterocycles. The first kappa shape index (κ1) is 18.1. The Kier molecular flexibility index (Phi) is 6.19. The second-order valence-electron chi connectivity index (χ2n) is 7.37. The number of carbonyl (C=O) groups is 1. The van der Waals surface area contributed by atoms with Crippen molar-refractivity contribution in [2.24, 2.45) is 5.92 Å². The SMILES string of the molecule is COc1ccccc1N1CCN(CC(=O)N[C@@H]2CCCC[C@H]2C)CC1. The Hall–Kier alpha value is -1.75. The van der Waals surface area contributed by atoms with Gasteiger partial charge in [-0.15, -0.1) is 0 Å². The molecule has 1 N–H and O–H groups in total. The number of carbonyl (C=O) groups excluding carboxylic acids is 1. The molecule has 5 heteroatoms. The Balaban J connectivity index is 1.46. The van der Waals surface area contributed by atoms with E-state index < -0.39 is 0 Å². The van der Waals surface area contributed by atoms with Gasteiger partial charge in [-0.1, -0.05) is 31.9 Å². The number of anilines is 1. The van der Waals surface area contributed by atoms with Crippen molar-refractivity contribution in [1.82, 2.24) is 10.2 Å². The van der Waals surface area contributed by atoms with E-state index in [4.69, 9.17) is 4.74 Å². The molecule has 1 aliphatic heterocycles. The Labute approximate surface area is 151 Å². The van der Waals surface area contributed by atoms with Crippen LogP contribution in [0.5, 0.6) is 5.75 Å². The van der Waals surface area contributed by atoms with Gasteiger partial charge in [-0.2, -0.15) is 0 Å². The van der Waals surface area contributed by atoms with Gasteiger partial charge in [0.15, 0.2) is 0 Å². The molecular formula is C20H31N3O2. The highest BCUT2D eigenvalue weighted by atomic mass is 16.5. The lowest BCUT2D eigenvalue weighted by molar-refractivity contribution is -0.123. The standard InChI is InChI=1S/C20H31N3O2/c1-16-7-3-4-8-17(16)21-20(24)15-22-11-13-23(14-12-22)18-9-5-6-10-19(18)25-2/h5-6,9-10,16-17H,3-4,7-8,11-15H2,1-2H3,(H,21,24)/t16-,17-/m1/s1. The zero-order valence-electron chi connectivity index (χ0n) is 15.5. The highest BCUT2D eigenvalue weighted by Gasteiger charge is 2.25. The predicted octanol–water partition coefficient (Wildman–Crippen LogP) is 2.51. The Morgan fingerprint density at radius 2 is 1.88 bits per heavy atom. The number of methoxy groups -OCH3 is 1. The summed E-state index contributed by atoms with van der Waals surface area (Å²) in [6, 6.07) is 8.51. The molecule has 138 valence electrons. The number of para-hydroxylation sites is 2. The van der Waals surface area contributed by atoms with Crippen molar-refractivity contribution in [2.45, 2.75) is 38.6 Å². The smallest absolute Gasteiger partial charge is 0.234 e. The molecule has 0 radical (unpaired) electrons. The first-order chi connectivity index (χ1) is 12.2. The van der Waals surface area contributed by atoms with E-state index in [1.165, 1.54) is 19.3 Å². The zero-order valence-corrected chi connectivity index (χ0v) is 15.5. The minimum absolute atomic E-state index is 0.185. The third-order valence-corrected chi connectivity index (χ3v) is 5.62. The molecule has 2 aliphatic rings. The lowest BCUT2D eigenvalue weighted by Gasteiger charge is -2.37. The molecule has 3 rings (SSSR count). The second kappa shape index (κ2) is 8.56. The van der Waals surface area contributed by atoms with Crippen LogP contribution in [0.4, 0.5) is 5.69 Å². The van der Waals surface area contributed by atoms with Gasteiger partial charge in [0, 0.05) is 32.2 Å². The molecule has 2 atom stereocenters. The van der Waals surface area contributed by atoms with Crippen LogP contribution in [0.1, 0.15) is 32.6 Å². The lowest BCUT2D eigenvalue weighted by atomic mass is 9.86. The number of benzene rings is 1. The fourth-order valence-corrected chi connectivity index (χ4v) is 4.02. The van der Waals surface area contributed by atoms with Crippen LogP contribution < -0.4 is 15.0 Å². The molecule has 2 fully saturated rings. The number of nitrogens with one attached hydrogen (secondary N) is 1. The Bertz CT molecular complexity index is 570. The normalized spacial score (nSPS) is 24.8. The first-order valence-electron chi connectivity index (χ1n) is 9.57. The summed E-state index contributed by atoms with van der Waals surface area (Å²) in [7, 11) is 1.71. The fourth-order valence-electron chi connectivity index (χ4n) is 4.02. The highest BCUT2D eigenvalue weighted by molar-refractivity contribution is 5.78. The maximum absolute atomic E-state index is 12.4. The summed E-state index contributed by atoms with van der Waals surface area (Å²) >= 11 is 0. The largest absolute Gasteiger partial charge is 0.495 e. The van der Waals surface area contributed by atoms with Gasteiger partial charge in [0.1, 0.15) is 5.75 Å². The van der Waals surface area contributed by atoms with Crippen LogP contribution in [0.25, 0.3) is 0 Å². The summed E-state index contributed by atoms with van der Waals surface area (Å²) in [4.78, 5) is 17.0. The van der Waals surface area contributed by atoms with Gasteiger partial charge in [0.25, 0.3) is 0 Å². The number of hydrogen-bond donors (Lipinski definition) is 1. The number of ether oxygens (including phenoxy) is 1. The monoisotopic (exact) mass is 345 g/mol. The van der Waals surface area contributed by atoms with Gasteiger partial charge in [0.05, 0.1) is 19.3 Å². The molecular weight excluding hydrogens is 314 g/mol. The van der Waals surface area contributed by atoms with Crippen LogP contribution in [0.15, 0.2) is 24.3 Å². The van der Waals surface area contributed by atoms with Crippen LogP contribution >= 0.6 is 0 Å². The molecule has 0 bridgehead atoms. The molecule has 25 heavy (non-hydrogen) atoms. The second-order valence-corrected chi connectivity index (χ2v) is 7.37. The molecule has 1 saturated heterocycles. The quantitative estimate of drug-likeness (QED) is 0.891. The zero-order chi connectivity index (χ0) is 17.6. The molecule has 0 spiro atoms. The van der Waals surface area contributed by atoms with Gasteiger partial charge in [0.2, 0.25) is 5.91 Å². The summed E-state index contributed by atoms with van der Waals surface area (Å²) < 4.78 is 5.47. The van der Waals surface area contributed by atoms with E-state index >= 15 is 0 Å². The van der Waals surface area contributed by atoms with Crippen LogP contribution in [-0.4, -0.2) is 56.7 Å². The van der Waals surface area contributed by atoms with Crippen molar-refractivity contribution in [3.05, 3.63) is 24.3 Å². The van der Waals surface area contributed by atoms with Crippen molar-refractivity contribution in [2.75, 3.05) is 44.7 Å². The van der Waals surface area contributed by atoms with Gasteiger partial charge < -0.3 is 15.0 Å². The van der Waals surface area contributed by atoms with Crippen molar-refractivity contribution in [1.29, 1.82) is 0 Å². The van der Waals surface area contributed by atoms with Gasteiger partial charge in [-0.05, 0) is 30.9 Å². The fraction of sp³-hybridized carbons (Fsp3) is 0.650. The van der Waals surface area contributed by atoms with E-state index in [1.807, 2.05) is 18.2 Å². The van der Waals surface area contributed by atoms with E-state index in [0.29, 0.717) is 18.5 Å². The van der Waals surface area contributed by atoms with Crippen LogP contribution in [0, 0.1) is 5.92 Å². The maximum atomic E-state index is 12.4. The van der Waals surface area contributed by atoms with Gasteiger partial charge in [-0.3, -0.25) is 9.69 Å².